The van der Waals surface area contributed by atoms with Crippen LogP contribution in [0.1, 0.15) is 21.8 Å². The van der Waals surface area contributed by atoms with E-state index in [-0.39, 0.29) is 5.91 Å². The van der Waals surface area contributed by atoms with Gasteiger partial charge in [-0.1, -0.05) is 5.16 Å². The molecule has 3 heterocycles. The second-order valence-corrected chi connectivity index (χ2v) is 5.94. The molecule has 1 saturated heterocycles. The van der Waals surface area contributed by atoms with Crippen LogP contribution in [0.25, 0.3) is 0 Å². The van der Waals surface area contributed by atoms with Gasteiger partial charge in [-0.25, -0.2) is 0 Å². The molecule has 1 fully saturated rings. The number of nitrogens with zero attached hydrogens (tertiary/aromatic N) is 4. The van der Waals surface area contributed by atoms with Gasteiger partial charge in [0.1, 0.15) is 11.3 Å². The van der Waals surface area contributed by atoms with Crippen molar-refractivity contribution in [3.63, 3.8) is 0 Å². The maximum absolute atomic E-state index is 12.1. The summed E-state index contributed by atoms with van der Waals surface area (Å²) >= 11 is 0. The molecule has 1 amide bonds. The number of aromatic nitrogens is 1. The fourth-order valence-electron chi connectivity index (χ4n) is 1.81. The molecule has 0 saturated carbocycles. The summed E-state index contributed by atoms with van der Waals surface area (Å²) in [6.07, 6.45) is 0. The van der Waals surface area contributed by atoms with Crippen molar-refractivity contribution >= 4 is 37.8 Å². The monoisotopic (exact) mass is 282 g/mol. The van der Waals surface area contributed by atoms with Crippen LogP contribution in [0.2, 0.25) is 0 Å². The number of carbonyl (C=O) groups excluding carboxylic acids is 1. The van der Waals surface area contributed by atoms with Crippen LogP contribution >= 0.6 is 21.6 Å². The molecule has 0 bridgehead atoms. The Morgan fingerprint density at radius 1 is 1.44 bits per heavy atom. The van der Waals surface area contributed by atoms with Crippen LogP contribution in [-0.2, 0) is 0 Å². The van der Waals surface area contributed by atoms with E-state index in [1.54, 1.807) is 13.8 Å². The summed E-state index contributed by atoms with van der Waals surface area (Å²) in [4.78, 5) is 22.5. The Morgan fingerprint density at radius 2 is 2.28 bits per heavy atom. The Morgan fingerprint density at radius 3 is 3.00 bits per heavy atom. The molecule has 1 aromatic rings. The molecule has 0 aromatic carbocycles. The highest BCUT2D eigenvalue weighted by molar-refractivity contribution is 8.88. The lowest BCUT2D eigenvalue weighted by Gasteiger charge is -2.09. The molecule has 0 N–H and O–H groups in total. The summed E-state index contributed by atoms with van der Waals surface area (Å²) < 4.78 is 4.98. The number of amidine groups is 2. The molecule has 0 unspecified atom stereocenters. The molecular formula is C10H10N4O2S2. The van der Waals surface area contributed by atoms with Crippen LogP contribution < -0.4 is 0 Å². The molecule has 94 valence electrons. The topological polar surface area (TPSA) is 71.1 Å². The van der Waals surface area contributed by atoms with Gasteiger partial charge in [-0.15, -0.1) is 0 Å². The van der Waals surface area contributed by atoms with E-state index in [9.17, 15) is 4.79 Å². The SMILES string of the molecule is Cc1noc(C)c1C(=O)N=C1SSC2=NCCN21. The molecule has 18 heavy (non-hydrogen) atoms. The molecule has 2 aliphatic rings. The number of carbonyl (C=O) groups is 1. The number of rotatable bonds is 1. The van der Waals surface area contributed by atoms with E-state index in [0.29, 0.717) is 22.2 Å². The molecule has 2 aliphatic heterocycles. The van der Waals surface area contributed by atoms with E-state index in [2.05, 4.69) is 15.1 Å². The van der Waals surface area contributed by atoms with E-state index in [1.807, 2.05) is 4.90 Å². The lowest BCUT2D eigenvalue weighted by molar-refractivity contribution is 0.100. The molecular weight excluding hydrogens is 272 g/mol. The quantitative estimate of drug-likeness (QED) is 0.732. The summed E-state index contributed by atoms with van der Waals surface area (Å²) in [5.41, 5.74) is 1.03. The van der Waals surface area contributed by atoms with Crippen molar-refractivity contribution in [2.24, 2.45) is 9.98 Å². The van der Waals surface area contributed by atoms with Crippen LogP contribution in [0.3, 0.4) is 0 Å². The molecule has 0 aliphatic carbocycles. The van der Waals surface area contributed by atoms with E-state index >= 15 is 0 Å². The van der Waals surface area contributed by atoms with Gasteiger partial charge in [0.05, 0.1) is 12.2 Å². The minimum Gasteiger partial charge on any atom is -0.361 e. The fraction of sp³-hybridized carbons (Fsp3) is 0.400. The van der Waals surface area contributed by atoms with Crippen LogP contribution in [0.4, 0.5) is 0 Å². The average molecular weight is 282 g/mol. The number of hydrogen-bond acceptors (Lipinski definition) is 6. The van der Waals surface area contributed by atoms with Crippen LogP contribution in [0.5, 0.6) is 0 Å². The Labute approximate surface area is 111 Å². The summed E-state index contributed by atoms with van der Waals surface area (Å²) in [6, 6.07) is 0. The molecule has 3 rings (SSSR count). The number of aliphatic imine (C=N–C) groups is 2. The third-order valence-corrected chi connectivity index (χ3v) is 4.85. The third-order valence-electron chi connectivity index (χ3n) is 2.67. The molecule has 6 nitrogen and oxygen atoms in total. The van der Waals surface area contributed by atoms with Gasteiger partial charge in [0, 0.05) is 6.54 Å². The molecule has 0 radical (unpaired) electrons. The van der Waals surface area contributed by atoms with Crippen LogP contribution in [0, 0.1) is 13.8 Å². The zero-order chi connectivity index (χ0) is 12.7. The van der Waals surface area contributed by atoms with Crippen molar-refractivity contribution in [3.05, 3.63) is 17.0 Å². The number of aryl methyl sites for hydroxylation is 2. The van der Waals surface area contributed by atoms with Gasteiger partial charge >= 0.3 is 0 Å². The highest BCUT2D eigenvalue weighted by atomic mass is 33.1. The lowest BCUT2D eigenvalue weighted by Crippen LogP contribution is -2.26. The first-order valence-corrected chi connectivity index (χ1v) is 7.54. The predicted molar refractivity (Wildman–Crippen MR) is 71.9 cm³/mol. The van der Waals surface area contributed by atoms with Crippen molar-refractivity contribution in [1.82, 2.24) is 10.1 Å². The Balaban J connectivity index is 1.89. The zero-order valence-corrected chi connectivity index (χ0v) is 11.5. The van der Waals surface area contributed by atoms with Crippen molar-refractivity contribution in [3.8, 4) is 0 Å². The largest absolute Gasteiger partial charge is 0.361 e. The maximum atomic E-state index is 12.1. The standard InChI is InChI=1S/C10H10N4O2S2/c1-5-7(6(2)16-13-5)8(15)12-10-14-4-3-11-9(14)17-18-10/h3-4H2,1-2H3. The summed E-state index contributed by atoms with van der Waals surface area (Å²) in [5.74, 6) is 0.204. The van der Waals surface area contributed by atoms with Gasteiger partial charge < -0.3 is 4.52 Å². The van der Waals surface area contributed by atoms with Crippen molar-refractivity contribution < 1.29 is 9.32 Å². The van der Waals surface area contributed by atoms with Gasteiger partial charge in [-0.3, -0.25) is 14.7 Å². The maximum Gasteiger partial charge on any atom is 0.284 e. The van der Waals surface area contributed by atoms with Crippen molar-refractivity contribution in [2.75, 3.05) is 13.1 Å². The third kappa shape index (κ3) is 1.85. The van der Waals surface area contributed by atoms with Gasteiger partial charge in [0.15, 0.2) is 10.3 Å². The Hall–Kier alpha value is -1.28. The number of amides is 1. The highest BCUT2D eigenvalue weighted by Crippen LogP contribution is 2.38. The van der Waals surface area contributed by atoms with E-state index in [4.69, 9.17) is 4.52 Å². The minimum atomic E-state index is -0.303. The molecule has 8 heteroatoms. The second-order valence-electron chi connectivity index (χ2n) is 3.88. The first kappa shape index (κ1) is 11.8. The van der Waals surface area contributed by atoms with Gasteiger partial charge in [0.25, 0.3) is 5.91 Å². The van der Waals surface area contributed by atoms with Gasteiger partial charge in [-0.05, 0) is 35.4 Å². The minimum absolute atomic E-state index is 0.303. The normalized spacial score (nSPS) is 20.4. The summed E-state index contributed by atoms with van der Waals surface area (Å²) in [7, 11) is 3.00. The van der Waals surface area contributed by atoms with Crippen molar-refractivity contribution in [1.29, 1.82) is 0 Å². The fourth-order valence-corrected chi connectivity index (χ4v) is 4.07. The predicted octanol–water partition coefficient (Wildman–Crippen LogP) is 1.85. The Kier molecular flexibility index (Phi) is 2.90. The average Bonchev–Trinajstić information content (AvgIpc) is 2.98. The highest BCUT2D eigenvalue weighted by Gasteiger charge is 2.32. The lowest BCUT2D eigenvalue weighted by atomic mass is 10.2. The van der Waals surface area contributed by atoms with E-state index in [0.717, 1.165) is 18.3 Å². The first-order chi connectivity index (χ1) is 8.66. The second kappa shape index (κ2) is 4.43. The van der Waals surface area contributed by atoms with Gasteiger partial charge in [0.2, 0.25) is 0 Å². The first-order valence-electron chi connectivity index (χ1n) is 5.39. The van der Waals surface area contributed by atoms with E-state index in [1.165, 1.54) is 21.6 Å². The smallest absolute Gasteiger partial charge is 0.284 e. The summed E-state index contributed by atoms with van der Waals surface area (Å²) in [5, 5.41) is 5.39. The van der Waals surface area contributed by atoms with Gasteiger partial charge in [-0.2, -0.15) is 4.99 Å². The zero-order valence-electron chi connectivity index (χ0n) is 9.84. The molecule has 0 spiro atoms. The molecule has 1 aromatic heterocycles. The van der Waals surface area contributed by atoms with Crippen molar-refractivity contribution in [2.45, 2.75) is 13.8 Å². The van der Waals surface area contributed by atoms with Crippen LogP contribution in [0.15, 0.2) is 14.5 Å². The number of fused-ring (bicyclic) bond motifs is 1. The molecule has 0 atom stereocenters. The Bertz CT molecular complexity index is 559. The summed E-state index contributed by atoms with van der Waals surface area (Å²) in [6.45, 7) is 5.01. The number of hydrogen-bond donors (Lipinski definition) is 0. The van der Waals surface area contributed by atoms with Crippen LogP contribution in [-0.4, -0.2) is 39.4 Å². The van der Waals surface area contributed by atoms with E-state index < -0.39 is 0 Å².